The van der Waals surface area contributed by atoms with Crippen LogP contribution in [0.25, 0.3) is 11.1 Å². The Morgan fingerprint density at radius 2 is 1.65 bits per heavy atom. The summed E-state index contributed by atoms with van der Waals surface area (Å²) in [6, 6.07) is 14.3. The number of rotatable bonds is 3. The second kappa shape index (κ2) is 8.07. The highest BCUT2D eigenvalue weighted by Gasteiger charge is 2.03. The SMILES string of the molecule is Cl.Cl.NCCc1ncccc1-c1ccccc1. The number of halogens is 2. The van der Waals surface area contributed by atoms with Gasteiger partial charge in [-0.1, -0.05) is 36.4 Å². The summed E-state index contributed by atoms with van der Waals surface area (Å²) < 4.78 is 0. The number of aromatic nitrogens is 1. The topological polar surface area (TPSA) is 38.9 Å². The molecule has 0 amide bonds. The van der Waals surface area contributed by atoms with Gasteiger partial charge in [0.05, 0.1) is 0 Å². The Labute approximate surface area is 114 Å². The zero-order valence-corrected chi connectivity index (χ0v) is 11.0. The number of benzene rings is 1. The molecule has 0 saturated heterocycles. The van der Waals surface area contributed by atoms with Crippen molar-refractivity contribution in [2.45, 2.75) is 6.42 Å². The molecule has 92 valence electrons. The summed E-state index contributed by atoms with van der Waals surface area (Å²) in [7, 11) is 0. The molecule has 1 aromatic carbocycles. The molecule has 2 aromatic rings. The van der Waals surface area contributed by atoms with Crippen molar-refractivity contribution in [2.24, 2.45) is 5.73 Å². The van der Waals surface area contributed by atoms with E-state index in [1.807, 2.05) is 30.5 Å². The van der Waals surface area contributed by atoms with Gasteiger partial charge in [0.25, 0.3) is 0 Å². The molecule has 0 fully saturated rings. The third-order valence-corrected chi connectivity index (χ3v) is 2.36. The normalized spacial score (nSPS) is 9.00. The van der Waals surface area contributed by atoms with Crippen molar-refractivity contribution in [3.05, 3.63) is 54.4 Å². The molecule has 0 aliphatic carbocycles. The van der Waals surface area contributed by atoms with Crippen LogP contribution in [0.1, 0.15) is 5.69 Å². The average Bonchev–Trinajstić information content (AvgIpc) is 2.31. The van der Waals surface area contributed by atoms with Crippen molar-refractivity contribution < 1.29 is 0 Å². The largest absolute Gasteiger partial charge is 0.330 e. The van der Waals surface area contributed by atoms with Gasteiger partial charge in [0, 0.05) is 23.9 Å². The first-order valence-corrected chi connectivity index (χ1v) is 5.11. The van der Waals surface area contributed by atoms with Gasteiger partial charge in [0.2, 0.25) is 0 Å². The van der Waals surface area contributed by atoms with Crippen LogP contribution in [-0.4, -0.2) is 11.5 Å². The van der Waals surface area contributed by atoms with Crippen molar-refractivity contribution in [1.29, 1.82) is 0 Å². The maximum Gasteiger partial charge on any atom is 0.0494 e. The van der Waals surface area contributed by atoms with Crippen LogP contribution in [0.4, 0.5) is 0 Å². The quantitative estimate of drug-likeness (QED) is 0.931. The van der Waals surface area contributed by atoms with Crippen molar-refractivity contribution in [3.63, 3.8) is 0 Å². The first-order valence-electron chi connectivity index (χ1n) is 5.11. The van der Waals surface area contributed by atoms with Crippen LogP contribution in [-0.2, 0) is 6.42 Å². The summed E-state index contributed by atoms with van der Waals surface area (Å²) in [6.07, 6.45) is 2.64. The molecule has 1 aromatic heterocycles. The fraction of sp³-hybridized carbons (Fsp3) is 0.154. The van der Waals surface area contributed by atoms with E-state index in [0.29, 0.717) is 6.54 Å². The molecule has 0 saturated carbocycles. The van der Waals surface area contributed by atoms with E-state index in [0.717, 1.165) is 12.1 Å². The van der Waals surface area contributed by atoms with E-state index in [1.54, 1.807) is 0 Å². The molecule has 0 bridgehead atoms. The molecule has 4 heteroatoms. The van der Waals surface area contributed by atoms with Crippen LogP contribution in [0.5, 0.6) is 0 Å². The zero-order valence-electron chi connectivity index (χ0n) is 9.37. The summed E-state index contributed by atoms with van der Waals surface area (Å²) in [6.45, 7) is 0.636. The zero-order chi connectivity index (χ0) is 10.5. The standard InChI is InChI=1S/C13H14N2.2ClH/c14-9-8-13-12(7-4-10-15-13)11-5-2-1-3-6-11;;/h1-7,10H,8-9,14H2;2*1H. The molecule has 0 atom stereocenters. The first kappa shape index (κ1) is 15.9. The lowest BCUT2D eigenvalue weighted by atomic mass is 10.0. The maximum atomic E-state index is 5.57. The fourth-order valence-corrected chi connectivity index (χ4v) is 1.65. The van der Waals surface area contributed by atoms with Gasteiger partial charge >= 0.3 is 0 Å². The van der Waals surface area contributed by atoms with E-state index in [-0.39, 0.29) is 24.8 Å². The Balaban J connectivity index is 0.00000128. The van der Waals surface area contributed by atoms with Gasteiger partial charge in [0.15, 0.2) is 0 Å². The van der Waals surface area contributed by atoms with Crippen molar-refractivity contribution in [3.8, 4) is 11.1 Å². The van der Waals surface area contributed by atoms with Crippen LogP contribution < -0.4 is 5.73 Å². The van der Waals surface area contributed by atoms with Gasteiger partial charge in [-0.3, -0.25) is 4.98 Å². The third kappa shape index (κ3) is 4.00. The third-order valence-electron chi connectivity index (χ3n) is 2.36. The molecule has 0 aliphatic rings. The highest BCUT2D eigenvalue weighted by molar-refractivity contribution is 5.85. The lowest BCUT2D eigenvalue weighted by Crippen LogP contribution is -2.05. The predicted molar refractivity (Wildman–Crippen MR) is 76.9 cm³/mol. The molecule has 2 nitrogen and oxygen atoms in total. The van der Waals surface area contributed by atoms with Crippen molar-refractivity contribution in [1.82, 2.24) is 4.98 Å². The Morgan fingerprint density at radius 1 is 0.941 bits per heavy atom. The fourth-order valence-electron chi connectivity index (χ4n) is 1.65. The smallest absolute Gasteiger partial charge is 0.0494 e. The Morgan fingerprint density at radius 3 is 2.29 bits per heavy atom. The van der Waals surface area contributed by atoms with E-state index in [4.69, 9.17) is 5.73 Å². The molecule has 0 radical (unpaired) electrons. The molecule has 0 aliphatic heterocycles. The number of nitrogens with zero attached hydrogens (tertiary/aromatic N) is 1. The molecule has 0 spiro atoms. The molecular weight excluding hydrogens is 255 g/mol. The highest BCUT2D eigenvalue weighted by atomic mass is 35.5. The van der Waals surface area contributed by atoms with Crippen LogP contribution in [0, 0.1) is 0 Å². The van der Waals surface area contributed by atoms with Crippen LogP contribution >= 0.6 is 24.8 Å². The van der Waals surface area contributed by atoms with Gasteiger partial charge in [0.1, 0.15) is 0 Å². The lowest BCUT2D eigenvalue weighted by molar-refractivity contribution is 0.926. The molecule has 2 N–H and O–H groups in total. The Kier molecular flexibility index (Phi) is 7.55. The molecule has 0 unspecified atom stereocenters. The average molecular weight is 271 g/mol. The van der Waals surface area contributed by atoms with Gasteiger partial charge in [-0.25, -0.2) is 0 Å². The number of hydrogen-bond donors (Lipinski definition) is 1. The van der Waals surface area contributed by atoms with Crippen LogP contribution in [0.3, 0.4) is 0 Å². The van der Waals surface area contributed by atoms with Gasteiger partial charge < -0.3 is 5.73 Å². The summed E-state index contributed by atoms with van der Waals surface area (Å²) in [5, 5.41) is 0. The van der Waals surface area contributed by atoms with E-state index < -0.39 is 0 Å². The number of nitrogens with two attached hydrogens (primary N) is 1. The minimum Gasteiger partial charge on any atom is -0.330 e. The molecule has 1 heterocycles. The van der Waals surface area contributed by atoms with Crippen LogP contribution in [0.15, 0.2) is 48.7 Å². The predicted octanol–water partition coefficient (Wildman–Crippen LogP) is 3.09. The van der Waals surface area contributed by atoms with Crippen molar-refractivity contribution in [2.75, 3.05) is 6.54 Å². The summed E-state index contributed by atoms with van der Waals surface area (Å²) in [4.78, 5) is 4.36. The number of hydrogen-bond acceptors (Lipinski definition) is 2. The monoisotopic (exact) mass is 270 g/mol. The van der Waals surface area contributed by atoms with Gasteiger partial charge in [-0.15, -0.1) is 24.8 Å². The Hall–Kier alpha value is -1.09. The number of pyridine rings is 1. The highest BCUT2D eigenvalue weighted by Crippen LogP contribution is 2.21. The van der Waals surface area contributed by atoms with Gasteiger partial charge in [-0.2, -0.15) is 0 Å². The van der Waals surface area contributed by atoms with E-state index in [9.17, 15) is 0 Å². The van der Waals surface area contributed by atoms with E-state index >= 15 is 0 Å². The second-order valence-corrected chi connectivity index (χ2v) is 3.40. The van der Waals surface area contributed by atoms with Crippen LogP contribution in [0.2, 0.25) is 0 Å². The first-order chi connectivity index (χ1) is 7.42. The van der Waals surface area contributed by atoms with E-state index in [1.165, 1.54) is 11.1 Å². The minimum absolute atomic E-state index is 0. The summed E-state index contributed by atoms with van der Waals surface area (Å²) in [5.74, 6) is 0. The molecule has 2 rings (SSSR count). The molecule has 17 heavy (non-hydrogen) atoms. The summed E-state index contributed by atoms with van der Waals surface area (Å²) >= 11 is 0. The lowest BCUT2D eigenvalue weighted by Gasteiger charge is -2.06. The van der Waals surface area contributed by atoms with E-state index in [2.05, 4.69) is 23.2 Å². The Bertz CT molecular complexity index is 432. The second-order valence-electron chi connectivity index (χ2n) is 3.40. The minimum atomic E-state index is 0. The summed E-state index contributed by atoms with van der Waals surface area (Å²) in [5.41, 5.74) is 9.03. The van der Waals surface area contributed by atoms with Crippen molar-refractivity contribution >= 4 is 24.8 Å². The molecular formula is C13H16Cl2N2. The maximum absolute atomic E-state index is 5.57. The van der Waals surface area contributed by atoms with Gasteiger partial charge in [-0.05, 0) is 18.2 Å².